The zero-order chi connectivity index (χ0) is 22.2. The van der Waals surface area contributed by atoms with Gasteiger partial charge in [-0.1, -0.05) is 129 Å². The first-order chi connectivity index (χ1) is 14.6. The third-order valence-electron chi connectivity index (χ3n) is 4.58. The van der Waals surface area contributed by atoms with Gasteiger partial charge in [0.1, 0.15) is 0 Å². The van der Waals surface area contributed by atoms with Crippen LogP contribution in [0.25, 0.3) is 11.1 Å². The quantitative estimate of drug-likeness (QED) is 0.391. The van der Waals surface area contributed by atoms with Crippen molar-refractivity contribution in [3.05, 3.63) is 133 Å². The zero-order valence-corrected chi connectivity index (χ0v) is 19.1. The number of allylic oxidation sites excluding steroid dienone is 10. The summed E-state index contributed by atoms with van der Waals surface area (Å²) in [4.78, 5) is 0. The normalized spacial score (nSPS) is 12.0. The molecule has 0 nitrogen and oxygen atoms in total. The first-order valence-corrected chi connectivity index (χ1v) is 10.7. The van der Waals surface area contributed by atoms with Gasteiger partial charge in [0.25, 0.3) is 0 Å². The monoisotopic (exact) mass is 396 g/mol. The summed E-state index contributed by atoms with van der Waals surface area (Å²) in [5.74, 6) is 0. The maximum absolute atomic E-state index is 3.72. The number of hydrogen-bond donors (Lipinski definition) is 0. The number of hydrogen-bond acceptors (Lipinski definition) is 0. The van der Waals surface area contributed by atoms with Crippen molar-refractivity contribution in [2.75, 3.05) is 0 Å². The maximum Gasteiger partial charge on any atom is -0.0184 e. The summed E-state index contributed by atoms with van der Waals surface area (Å²) in [5.41, 5.74) is 7.63. The predicted octanol–water partition coefficient (Wildman–Crippen LogP) is 8.93. The molecule has 0 amide bonds. The molecule has 0 unspecified atom stereocenters. The molecular formula is C30H36. The van der Waals surface area contributed by atoms with Crippen LogP contribution in [-0.4, -0.2) is 0 Å². The van der Waals surface area contributed by atoms with Crippen molar-refractivity contribution in [1.82, 2.24) is 0 Å². The topological polar surface area (TPSA) is 0 Å². The molecule has 0 aliphatic heterocycles. The molecule has 0 saturated heterocycles. The molecule has 0 spiro atoms. The van der Waals surface area contributed by atoms with Crippen LogP contribution < -0.4 is 0 Å². The fourth-order valence-corrected chi connectivity index (χ4v) is 2.98. The highest BCUT2D eigenvalue weighted by Gasteiger charge is 1.97. The van der Waals surface area contributed by atoms with Gasteiger partial charge in [0.2, 0.25) is 0 Å². The lowest BCUT2D eigenvalue weighted by atomic mass is 10.0. The van der Waals surface area contributed by atoms with Crippen molar-refractivity contribution in [2.24, 2.45) is 0 Å². The van der Waals surface area contributed by atoms with E-state index in [-0.39, 0.29) is 0 Å². The van der Waals surface area contributed by atoms with E-state index in [2.05, 4.69) is 101 Å². The van der Waals surface area contributed by atoms with Crippen LogP contribution in [0.4, 0.5) is 0 Å². The molecule has 2 aromatic rings. The molecule has 0 atom stereocenters. The van der Waals surface area contributed by atoms with Gasteiger partial charge in [0.05, 0.1) is 0 Å². The summed E-state index contributed by atoms with van der Waals surface area (Å²) in [6, 6.07) is 17.3. The van der Waals surface area contributed by atoms with Crippen molar-refractivity contribution < 1.29 is 0 Å². The Bertz CT molecular complexity index is 882. The first kappa shape index (κ1) is 24.9. The highest BCUT2D eigenvalue weighted by molar-refractivity contribution is 5.75. The summed E-state index contributed by atoms with van der Waals surface area (Å²) in [6.45, 7) is 15.8. The molecule has 0 heterocycles. The van der Waals surface area contributed by atoms with Gasteiger partial charge in [-0.3, -0.25) is 0 Å². The predicted molar refractivity (Wildman–Crippen MR) is 138 cm³/mol. The van der Waals surface area contributed by atoms with E-state index in [4.69, 9.17) is 0 Å². The van der Waals surface area contributed by atoms with E-state index < -0.39 is 0 Å². The smallest absolute Gasteiger partial charge is 0.0184 e. The van der Waals surface area contributed by atoms with Crippen molar-refractivity contribution in [3.8, 4) is 0 Å². The van der Waals surface area contributed by atoms with Crippen LogP contribution in [-0.2, 0) is 6.42 Å². The minimum Gasteiger partial charge on any atom is -0.0991 e. The van der Waals surface area contributed by atoms with Gasteiger partial charge in [0, 0.05) is 0 Å². The van der Waals surface area contributed by atoms with E-state index in [1.54, 1.807) is 6.08 Å². The first-order valence-electron chi connectivity index (χ1n) is 10.7. The molecule has 156 valence electrons. The van der Waals surface area contributed by atoms with Crippen LogP contribution in [0.5, 0.6) is 0 Å². The minimum absolute atomic E-state index is 1.16. The number of benzene rings is 2. The summed E-state index contributed by atoms with van der Waals surface area (Å²) >= 11 is 0. The second kappa shape index (κ2) is 14.8. The van der Waals surface area contributed by atoms with Crippen LogP contribution in [0.3, 0.4) is 0 Å². The highest BCUT2D eigenvalue weighted by Crippen LogP contribution is 2.18. The van der Waals surface area contributed by atoms with Gasteiger partial charge in [-0.15, -0.1) is 0 Å². The van der Waals surface area contributed by atoms with Crippen LogP contribution in [0, 0.1) is 6.92 Å². The molecule has 0 radical (unpaired) electrons. The van der Waals surface area contributed by atoms with Gasteiger partial charge < -0.3 is 0 Å². The van der Waals surface area contributed by atoms with E-state index in [0.29, 0.717) is 0 Å². The van der Waals surface area contributed by atoms with E-state index in [9.17, 15) is 0 Å². The average molecular weight is 397 g/mol. The highest BCUT2D eigenvalue weighted by atomic mass is 14.0. The lowest BCUT2D eigenvalue weighted by Crippen LogP contribution is -1.85. The molecule has 0 saturated carbocycles. The fraction of sp³-hybridized carbons (Fsp3) is 0.200. The summed E-state index contributed by atoms with van der Waals surface area (Å²) in [6.07, 6.45) is 18.3. The molecule has 2 rings (SSSR count). The SMILES string of the molecule is C=C/C=C(\C=C/C)c1ccc(C)cc1.C=C/C=C\C(=C/C)c1ccc(CCC)cc1. The van der Waals surface area contributed by atoms with Crippen molar-refractivity contribution in [1.29, 1.82) is 0 Å². The molecule has 0 aliphatic carbocycles. The molecule has 0 bridgehead atoms. The molecular weight excluding hydrogens is 360 g/mol. The molecule has 0 aliphatic rings. The van der Waals surface area contributed by atoms with Crippen molar-refractivity contribution >= 4 is 11.1 Å². The molecule has 0 fully saturated rings. The summed E-state index contributed by atoms with van der Waals surface area (Å²) in [5, 5.41) is 0. The summed E-state index contributed by atoms with van der Waals surface area (Å²) < 4.78 is 0. The van der Waals surface area contributed by atoms with E-state index in [1.807, 2.05) is 31.2 Å². The van der Waals surface area contributed by atoms with Crippen molar-refractivity contribution in [2.45, 2.75) is 40.5 Å². The van der Waals surface area contributed by atoms with E-state index >= 15 is 0 Å². The molecule has 0 N–H and O–H groups in total. The summed E-state index contributed by atoms with van der Waals surface area (Å²) in [7, 11) is 0. The van der Waals surface area contributed by atoms with Gasteiger partial charge in [-0.2, -0.15) is 0 Å². The van der Waals surface area contributed by atoms with E-state index in [0.717, 1.165) is 6.42 Å². The maximum atomic E-state index is 3.72. The van der Waals surface area contributed by atoms with Gasteiger partial charge in [-0.25, -0.2) is 0 Å². The second-order valence-corrected chi connectivity index (χ2v) is 7.01. The lowest BCUT2D eigenvalue weighted by molar-refractivity contribution is 0.922. The third kappa shape index (κ3) is 8.92. The van der Waals surface area contributed by atoms with Crippen LogP contribution >= 0.6 is 0 Å². The lowest BCUT2D eigenvalue weighted by Gasteiger charge is -2.04. The standard InChI is InChI=1S/C16H20.C14H16/c1-4-7-9-15(6-3)16-12-10-14(8-5-2)11-13-16;1-4-6-13(7-5-2)14-10-8-12(3)9-11-14/h4,6-7,9-13H,1,5,8H2,2-3H3;4-11H,1H2,2-3H3/b9-7-,15-6+;7-5-,13-6+. The minimum atomic E-state index is 1.16. The third-order valence-corrected chi connectivity index (χ3v) is 4.58. The Morgan fingerprint density at radius 1 is 0.800 bits per heavy atom. The van der Waals surface area contributed by atoms with Crippen LogP contribution in [0.15, 0.2) is 110 Å². The Kier molecular flexibility index (Phi) is 12.3. The fourth-order valence-electron chi connectivity index (χ4n) is 2.98. The second-order valence-electron chi connectivity index (χ2n) is 7.01. The number of aryl methyl sites for hydroxylation is 2. The Balaban J connectivity index is 0.000000303. The largest absolute Gasteiger partial charge is 0.0991 e. The Morgan fingerprint density at radius 3 is 1.90 bits per heavy atom. The molecule has 30 heavy (non-hydrogen) atoms. The van der Waals surface area contributed by atoms with E-state index in [1.165, 1.54) is 39.8 Å². The zero-order valence-electron chi connectivity index (χ0n) is 19.1. The molecule has 0 heteroatoms. The average Bonchev–Trinajstić information content (AvgIpc) is 2.76. The van der Waals surface area contributed by atoms with Gasteiger partial charge in [0.15, 0.2) is 0 Å². The van der Waals surface area contributed by atoms with Gasteiger partial charge in [-0.05, 0) is 55.0 Å². The Morgan fingerprint density at radius 2 is 1.40 bits per heavy atom. The Labute approximate surface area is 184 Å². The molecule has 0 aromatic heterocycles. The van der Waals surface area contributed by atoms with Crippen LogP contribution in [0.2, 0.25) is 0 Å². The Hall–Kier alpha value is -3.12. The number of rotatable bonds is 8. The van der Waals surface area contributed by atoms with Gasteiger partial charge >= 0.3 is 0 Å². The van der Waals surface area contributed by atoms with Crippen molar-refractivity contribution in [3.63, 3.8) is 0 Å². The van der Waals surface area contributed by atoms with Crippen LogP contribution in [0.1, 0.15) is 49.4 Å². The molecule has 2 aromatic carbocycles.